The lowest BCUT2D eigenvalue weighted by molar-refractivity contribution is 0.368. The number of hydrogen-bond acceptors (Lipinski definition) is 5. The second kappa shape index (κ2) is 6.02. The van der Waals surface area contributed by atoms with Gasteiger partial charge in [0.25, 0.3) is 0 Å². The van der Waals surface area contributed by atoms with E-state index < -0.39 is 0 Å². The first-order valence-corrected chi connectivity index (χ1v) is 8.11. The van der Waals surface area contributed by atoms with E-state index in [4.69, 9.17) is 9.51 Å². The molecule has 23 heavy (non-hydrogen) atoms. The number of fused-ring (bicyclic) bond motifs is 1. The Balaban J connectivity index is 1.99. The van der Waals surface area contributed by atoms with Gasteiger partial charge in [-0.1, -0.05) is 19.0 Å². The van der Waals surface area contributed by atoms with Crippen LogP contribution in [-0.2, 0) is 12.8 Å². The highest BCUT2D eigenvalue weighted by atomic mass is 16.5. The summed E-state index contributed by atoms with van der Waals surface area (Å²) >= 11 is 0. The quantitative estimate of drug-likeness (QED) is 0.779. The van der Waals surface area contributed by atoms with Gasteiger partial charge in [-0.2, -0.15) is 9.61 Å². The van der Waals surface area contributed by atoms with Crippen molar-refractivity contribution in [1.29, 1.82) is 0 Å². The molecule has 0 aliphatic carbocycles. The number of aryl methyl sites for hydroxylation is 4. The van der Waals surface area contributed by atoms with Gasteiger partial charge < -0.3 is 9.84 Å². The molecule has 0 amide bonds. The van der Waals surface area contributed by atoms with Gasteiger partial charge in [-0.15, -0.1) is 0 Å². The van der Waals surface area contributed by atoms with Gasteiger partial charge in [-0.25, -0.2) is 4.98 Å². The summed E-state index contributed by atoms with van der Waals surface area (Å²) in [5.41, 5.74) is 5.03. The number of aromatic nitrogens is 4. The van der Waals surface area contributed by atoms with E-state index in [1.165, 1.54) is 0 Å². The predicted octanol–water partition coefficient (Wildman–Crippen LogP) is 3.63. The molecule has 1 N–H and O–H groups in total. The topological polar surface area (TPSA) is 68.2 Å². The van der Waals surface area contributed by atoms with Gasteiger partial charge in [0, 0.05) is 23.4 Å². The van der Waals surface area contributed by atoms with Crippen LogP contribution in [-0.4, -0.2) is 19.8 Å². The molecule has 0 saturated carbocycles. The molecular weight excluding hydrogens is 290 g/mol. The van der Waals surface area contributed by atoms with Crippen molar-refractivity contribution in [2.75, 3.05) is 5.32 Å². The van der Waals surface area contributed by atoms with E-state index in [1.807, 2.05) is 23.6 Å². The maximum absolute atomic E-state index is 5.43. The highest BCUT2D eigenvalue weighted by Crippen LogP contribution is 2.23. The molecule has 6 heteroatoms. The second-order valence-corrected chi connectivity index (χ2v) is 5.87. The van der Waals surface area contributed by atoms with Gasteiger partial charge >= 0.3 is 0 Å². The molecule has 1 atom stereocenters. The normalized spacial score (nSPS) is 12.7. The SMILES string of the molecule is CCc1cc(C(C)Nc2cc(CC)nc3c(C)c(C)nn23)on1. The van der Waals surface area contributed by atoms with Crippen molar-refractivity contribution in [3.63, 3.8) is 0 Å². The first-order valence-electron chi connectivity index (χ1n) is 8.11. The summed E-state index contributed by atoms with van der Waals surface area (Å²) < 4.78 is 7.30. The summed E-state index contributed by atoms with van der Waals surface area (Å²) in [6, 6.07) is 4.05. The van der Waals surface area contributed by atoms with E-state index >= 15 is 0 Å². The summed E-state index contributed by atoms with van der Waals surface area (Å²) in [6.45, 7) is 10.3. The zero-order valence-corrected chi connectivity index (χ0v) is 14.3. The van der Waals surface area contributed by atoms with Crippen LogP contribution in [0, 0.1) is 13.8 Å². The third-order valence-corrected chi connectivity index (χ3v) is 4.20. The van der Waals surface area contributed by atoms with Gasteiger partial charge in [-0.3, -0.25) is 0 Å². The molecule has 0 fully saturated rings. The van der Waals surface area contributed by atoms with Gasteiger partial charge in [-0.05, 0) is 33.6 Å². The van der Waals surface area contributed by atoms with Crippen LogP contribution in [0.4, 0.5) is 5.82 Å². The molecule has 0 aliphatic rings. The van der Waals surface area contributed by atoms with Crippen molar-refractivity contribution < 1.29 is 4.52 Å². The third kappa shape index (κ3) is 2.81. The third-order valence-electron chi connectivity index (χ3n) is 4.20. The zero-order valence-electron chi connectivity index (χ0n) is 14.3. The van der Waals surface area contributed by atoms with Crippen molar-refractivity contribution in [3.8, 4) is 0 Å². The van der Waals surface area contributed by atoms with Crippen molar-refractivity contribution in [2.45, 2.75) is 53.5 Å². The van der Waals surface area contributed by atoms with E-state index in [2.05, 4.69) is 43.3 Å². The fourth-order valence-electron chi connectivity index (χ4n) is 2.56. The molecule has 0 spiro atoms. The van der Waals surface area contributed by atoms with Crippen LogP contribution in [0.5, 0.6) is 0 Å². The van der Waals surface area contributed by atoms with Gasteiger partial charge in [0.15, 0.2) is 11.4 Å². The standard InChI is InChI=1S/C17H23N5O/c1-6-13-9-16(22-17(19-13)10(3)11(4)20-22)18-12(5)15-8-14(7-2)21-23-15/h8-9,12,18H,6-7H2,1-5H3. The minimum atomic E-state index is 0.00270. The molecule has 6 nitrogen and oxygen atoms in total. The molecule has 0 radical (unpaired) electrons. The zero-order chi connectivity index (χ0) is 16.6. The lowest BCUT2D eigenvalue weighted by Gasteiger charge is -2.14. The van der Waals surface area contributed by atoms with Crippen LogP contribution in [0.25, 0.3) is 5.65 Å². The van der Waals surface area contributed by atoms with Crippen LogP contribution in [0.3, 0.4) is 0 Å². The average molecular weight is 313 g/mol. The van der Waals surface area contributed by atoms with Crippen LogP contribution >= 0.6 is 0 Å². The number of rotatable bonds is 5. The first-order chi connectivity index (χ1) is 11.0. The van der Waals surface area contributed by atoms with Crippen molar-refractivity contribution >= 4 is 11.5 Å². The Labute approximate surface area is 135 Å². The molecule has 122 valence electrons. The Morgan fingerprint density at radius 3 is 2.57 bits per heavy atom. The van der Waals surface area contributed by atoms with E-state index in [-0.39, 0.29) is 6.04 Å². The largest absolute Gasteiger partial charge is 0.360 e. The minimum absolute atomic E-state index is 0.00270. The monoisotopic (exact) mass is 313 g/mol. The average Bonchev–Trinajstić information content (AvgIpc) is 3.14. The Morgan fingerprint density at radius 1 is 1.17 bits per heavy atom. The van der Waals surface area contributed by atoms with E-state index in [1.54, 1.807) is 0 Å². The summed E-state index contributed by atoms with van der Waals surface area (Å²) in [6.07, 6.45) is 1.75. The van der Waals surface area contributed by atoms with E-state index in [9.17, 15) is 0 Å². The molecule has 3 aromatic rings. The number of nitrogens with one attached hydrogen (secondary N) is 1. The lowest BCUT2D eigenvalue weighted by atomic mass is 10.2. The molecule has 0 saturated heterocycles. The Bertz CT molecular complexity index is 833. The van der Waals surface area contributed by atoms with Gasteiger partial charge in [0.1, 0.15) is 5.82 Å². The maximum atomic E-state index is 5.43. The number of anilines is 1. The predicted molar refractivity (Wildman–Crippen MR) is 89.8 cm³/mol. The summed E-state index contributed by atoms with van der Waals surface area (Å²) in [4.78, 5) is 4.70. The number of hydrogen-bond donors (Lipinski definition) is 1. The molecule has 3 rings (SSSR count). The molecule has 3 aromatic heterocycles. The highest BCUT2D eigenvalue weighted by molar-refractivity contribution is 5.56. The molecular formula is C17H23N5O. The van der Waals surface area contributed by atoms with Crippen LogP contribution < -0.4 is 5.32 Å². The Hall–Kier alpha value is -2.37. The van der Waals surface area contributed by atoms with Crippen LogP contribution in [0.1, 0.15) is 55.2 Å². The van der Waals surface area contributed by atoms with E-state index in [0.29, 0.717) is 0 Å². The van der Waals surface area contributed by atoms with Crippen LogP contribution in [0.15, 0.2) is 16.7 Å². The summed E-state index contributed by atoms with van der Waals surface area (Å²) in [5.74, 6) is 1.75. The molecule has 1 unspecified atom stereocenters. The molecule has 0 aliphatic heterocycles. The summed E-state index contributed by atoms with van der Waals surface area (Å²) in [5, 5.41) is 12.1. The Morgan fingerprint density at radius 2 is 1.91 bits per heavy atom. The fourth-order valence-corrected chi connectivity index (χ4v) is 2.56. The molecule has 0 bridgehead atoms. The minimum Gasteiger partial charge on any atom is -0.360 e. The smallest absolute Gasteiger partial charge is 0.160 e. The lowest BCUT2D eigenvalue weighted by Crippen LogP contribution is -2.11. The van der Waals surface area contributed by atoms with Gasteiger partial charge in [0.2, 0.25) is 0 Å². The van der Waals surface area contributed by atoms with E-state index in [0.717, 1.165) is 52.7 Å². The van der Waals surface area contributed by atoms with Crippen molar-refractivity contribution in [3.05, 3.63) is 40.5 Å². The maximum Gasteiger partial charge on any atom is 0.160 e. The van der Waals surface area contributed by atoms with Crippen LogP contribution in [0.2, 0.25) is 0 Å². The molecule has 0 aromatic carbocycles. The van der Waals surface area contributed by atoms with Gasteiger partial charge in [0.05, 0.1) is 17.4 Å². The number of nitrogens with zero attached hydrogens (tertiary/aromatic N) is 4. The van der Waals surface area contributed by atoms with Crippen molar-refractivity contribution in [2.24, 2.45) is 0 Å². The highest BCUT2D eigenvalue weighted by Gasteiger charge is 2.16. The fraction of sp³-hybridized carbons (Fsp3) is 0.471. The second-order valence-electron chi connectivity index (χ2n) is 5.87. The molecule has 3 heterocycles. The summed E-state index contributed by atoms with van der Waals surface area (Å²) in [7, 11) is 0. The van der Waals surface area contributed by atoms with Crippen molar-refractivity contribution in [1.82, 2.24) is 19.8 Å². The first kappa shape index (κ1) is 15.5. The Kier molecular flexibility index (Phi) is 4.07.